The molecule has 0 spiro atoms. The third-order valence-corrected chi connectivity index (χ3v) is 2.02. The SMILES string of the molecule is CC(Oc1cc(Cl)cc(Cl)c1)C(=N)N. The van der Waals surface area contributed by atoms with Crippen molar-refractivity contribution >= 4 is 29.0 Å². The molecule has 0 heterocycles. The molecule has 76 valence electrons. The van der Waals surface area contributed by atoms with Crippen LogP contribution in [-0.4, -0.2) is 11.9 Å². The van der Waals surface area contributed by atoms with Crippen molar-refractivity contribution in [1.82, 2.24) is 0 Å². The lowest BCUT2D eigenvalue weighted by atomic mass is 10.3. The van der Waals surface area contributed by atoms with Crippen LogP contribution in [0.4, 0.5) is 0 Å². The Kier molecular flexibility index (Phi) is 3.61. The Labute approximate surface area is 92.3 Å². The maximum Gasteiger partial charge on any atom is 0.152 e. The number of amidine groups is 1. The third-order valence-electron chi connectivity index (χ3n) is 1.59. The van der Waals surface area contributed by atoms with Crippen molar-refractivity contribution in [3.05, 3.63) is 28.2 Å². The Bertz CT molecular complexity index is 334. The predicted molar refractivity (Wildman–Crippen MR) is 58.5 cm³/mol. The quantitative estimate of drug-likeness (QED) is 0.622. The zero-order chi connectivity index (χ0) is 10.7. The topological polar surface area (TPSA) is 59.1 Å². The summed E-state index contributed by atoms with van der Waals surface area (Å²) in [4.78, 5) is 0. The Morgan fingerprint density at radius 3 is 2.29 bits per heavy atom. The first-order valence-corrected chi connectivity index (χ1v) is 4.71. The monoisotopic (exact) mass is 232 g/mol. The fourth-order valence-electron chi connectivity index (χ4n) is 0.864. The summed E-state index contributed by atoms with van der Waals surface area (Å²) in [7, 11) is 0. The van der Waals surface area contributed by atoms with Crippen molar-refractivity contribution in [1.29, 1.82) is 5.41 Å². The van der Waals surface area contributed by atoms with Crippen LogP contribution >= 0.6 is 23.2 Å². The molecule has 1 atom stereocenters. The van der Waals surface area contributed by atoms with Gasteiger partial charge >= 0.3 is 0 Å². The Hall–Kier alpha value is -0.930. The standard InChI is InChI=1S/C9H10Cl2N2O/c1-5(9(12)13)14-8-3-6(10)2-7(11)4-8/h2-5H,1H3,(H3,12,13). The van der Waals surface area contributed by atoms with Gasteiger partial charge in [-0.3, -0.25) is 5.41 Å². The largest absolute Gasteiger partial charge is 0.483 e. The molecule has 0 radical (unpaired) electrons. The molecule has 1 aromatic carbocycles. The first-order chi connectivity index (χ1) is 6.49. The van der Waals surface area contributed by atoms with Gasteiger partial charge in [-0.05, 0) is 25.1 Å². The van der Waals surface area contributed by atoms with E-state index in [4.69, 9.17) is 39.1 Å². The molecule has 0 aliphatic heterocycles. The van der Waals surface area contributed by atoms with Crippen molar-refractivity contribution in [2.45, 2.75) is 13.0 Å². The van der Waals surface area contributed by atoms with E-state index in [-0.39, 0.29) is 5.84 Å². The van der Waals surface area contributed by atoms with E-state index < -0.39 is 6.10 Å². The summed E-state index contributed by atoms with van der Waals surface area (Å²) >= 11 is 11.5. The second kappa shape index (κ2) is 4.53. The third kappa shape index (κ3) is 3.09. The summed E-state index contributed by atoms with van der Waals surface area (Å²) < 4.78 is 5.32. The van der Waals surface area contributed by atoms with E-state index in [0.29, 0.717) is 15.8 Å². The molecule has 0 saturated carbocycles. The van der Waals surface area contributed by atoms with Crippen molar-refractivity contribution in [2.75, 3.05) is 0 Å². The van der Waals surface area contributed by atoms with Gasteiger partial charge in [0, 0.05) is 10.0 Å². The van der Waals surface area contributed by atoms with Gasteiger partial charge in [-0.2, -0.15) is 0 Å². The van der Waals surface area contributed by atoms with E-state index in [1.165, 1.54) is 0 Å². The number of nitrogens with one attached hydrogen (secondary N) is 1. The van der Waals surface area contributed by atoms with Gasteiger partial charge in [-0.1, -0.05) is 23.2 Å². The molecule has 0 aromatic heterocycles. The van der Waals surface area contributed by atoms with Crippen molar-refractivity contribution in [3.8, 4) is 5.75 Å². The molecule has 5 heteroatoms. The number of rotatable bonds is 3. The zero-order valence-corrected chi connectivity index (χ0v) is 9.06. The maximum absolute atomic E-state index is 7.14. The lowest BCUT2D eigenvalue weighted by Gasteiger charge is -2.13. The number of halogens is 2. The van der Waals surface area contributed by atoms with Crippen LogP contribution in [0, 0.1) is 5.41 Å². The lowest BCUT2D eigenvalue weighted by Crippen LogP contribution is -2.29. The smallest absolute Gasteiger partial charge is 0.152 e. The molecule has 0 bridgehead atoms. The normalized spacial score (nSPS) is 12.2. The Morgan fingerprint density at radius 2 is 1.86 bits per heavy atom. The molecular formula is C9H10Cl2N2O. The number of nitrogens with two attached hydrogens (primary N) is 1. The highest BCUT2D eigenvalue weighted by Crippen LogP contribution is 2.24. The fraction of sp³-hybridized carbons (Fsp3) is 0.222. The van der Waals surface area contributed by atoms with Crippen LogP contribution < -0.4 is 10.5 Å². The van der Waals surface area contributed by atoms with Gasteiger partial charge in [0.1, 0.15) is 11.6 Å². The summed E-state index contributed by atoms with van der Waals surface area (Å²) in [6.07, 6.45) is -0.482. The summed E-state index contributed by atoms with van der Waals surface area (Å²) in [6.45, 7) is 1.68. The first-order valence-electron chi connectivity index (χ1n) is 3.95. The summed E-state index contributed by atoms with van der Waals surface area (Å²) in [5.41, 5.74) is 5.25. The molecule has 1 unspecified atom stereocenters. The molecule has 1 aromatic rings. The highest BCUT2D eigenvalue weighted by molar-refractivity contribution is 6.34. The predicted octanol–water partition coefficient (Wildman–Crippen LogP) is 2.70. The van der Waals surface area contributed by atoms with Crippen LogP contribution in [0.1, 0.15) is 6.92 Å². The molecule has 0 aliphatic carbocycles. The molecule has 3 N–H and O–H groups in total. The van der Waals surface area contributed by atoms with E-state index >= 15 is 0 Å². The van der Waals surface area contributed by atoms with Gasteiger partial charge in [-0.15, -0.1) is 0 Å². The van der Waals surface area contributed by atoms with Crippen LogP contribution in [0.15, 0.2) is 18.2 Å². The van der Waals surface area contributed by atoms with E-state index in [9.17, 15) is 0 Å². The summed E-state index contributed by atoms with van der Waals surface area (Å²) in [6, 6.07) is 4.84. The average molecular weight is 233 g/mol. The zero-order valence-electron chi connectivity index (χ0n) is 7.55. The Morgan fingerprint density at radius 1 is 1.36 bits per heavy atom. The first kappa shape index (κ1) is 11.1. The molecule has 14 heavy (non-hydrogen) atoms. The van der Waals surface area contributed by atoms with Crippen LogP contribution in [0.3, 0.4) is 0 Å². The van der Waals surface area contributed by atoms with Gasteiger partial charge < -0.3 is 10.5 Å². The van der Waals surface area contributed by atoms with Gasteiger partial charge in [0.05, 0.1) is 0 Å². The van der Waals surface area contributed by atoms with E-state index in [2.05, 4.69) is 0 Å². The molecule has 1 rings (SSSR count). The van der Waals surface area contributed by atoms with Crippen molar-refractivity contribution in [2.24, 2.45) is 5.73 Å². The maximum atomic E-state index is 7.14. The second-order valence-electron chi connectivity index (χ2n) is 2.82. The number of hydrogen-bond acceptors (Lipinski definition) is 2. The minimum absolute atomic E-state index is 0.0407. The highest BCUT2D eigenvalue weighted by Gasteiger charge is 2.07. The van der Waals surface area contributed by atoms with Crippen LogP contribution in [0.25, 0.3) is 0 Å². The minimum Gasteiger partial charge on any atom is -0.483 e. The Balaban J connectivity index is 2.81. The molecule has 0 fully saturated rings. The van der Waals surface area contributed by atoms with Crippen molar-refractivity contribution in [3.63, 3.8) is 0 Å². The minimum atomic E-state index is -0.482. The number of ether oxygens (including phenoxy) is 1. The molecule has 3 nitrogen and oxygen atoms in total. The van der Waals surface area contributed by atoms with E-state index in [1.807, 2.05) is 0 Å². The lowest BCUT2D eigenvalue weighted by molar-refractivity contribution is 0.285. The van der Waals surface area contributed by atoms with Gasteiger partial charge in [0.25, 0.3) is 0 Å². The fourth-order valence-corrected chi connectivity index (χ4v) is 1.37. The van der Waals surface area contributed by atoms with Crippen molar-refractivity contribution < 1.29 is 4.74 Å². The number of benzene rings is 1. The number of hydrogen-bond donors (Lipinski definition) is 2. The molecule has 0 aliphatic rings. The van der Waals surface area contributed by atoms with Crippen LogP contribution in [0.5, 0.6) is 5.75 Å². The van der Waals surface area contributed by atoms with Gasteiger partial charge in [-0.25, -0.2) is 0 Å². The highest BCUT2D eigenvalue weighted by atomic mass is 35.5. The summed E-state index contributed by atoms with van der Waals surface area (Å²) in [5, 5.41) is 8.12. The molecule has 0 saturated heterocycles. The molecule has 0 amide bonds. The second-order valence-corrected chi connectivity index (χ2v) is 3.69. The van der Waals surface area contributed by atoms with Gasteiger partial charge in [0.2, 0.25) is 0 Å². The van der Waals surface area contributed by atoms with E-state index in [0.717, 1.165) is 0 Å². The average Bonchev–Trinajstić information content (AvgIpc) is 2.01. The van der Waals surface area contributed by atoms with E-state index in [1.54, 1.807) is 25.1 Å². The molecular weight excluding hydrogens is 223 g/mol. The van der Waals surface area contributed by atoms with Gasteiger partial charge in [0.15, 0.2) is 6.10 Å². The van der Waals surface area contributed by atoms with Crippen LogP contribution in [0.2, 0.25) is 10.0 Å². The van der Waals surface area contributed by atoms with Crippen LogP contribution in [-0.2, 0) is 0 Å². The summed E-state index contributed by atoms with van der Waals surface area (Å²) in [5.74, 6) is 0.464.